The Kier molecular flexibility index (Phi) is 4.28. The van der Waals surface area contributed by atoms with E-state index in [1.54, 1.807) is 0 Å². The minimum atomic E-state index is -0.164. The number of oxazole rings is 1. The van der Waals surface area contributed by atoms with Crippen molar-refractivity contribution in [2.45, 2.75) is 20.4 Å². The molecule has 5 heteroatoms. The first-order valence-corrected chi connectivity index (χ1v) is 7.42. The molecule has 1 aromatic heterocycles. The molecule has 3 rings (SSSR count). The summed E-state index contributed by atoms with van der Waals surface area (Å²) in [4.78, 5) is 16.2. The van der Waals surface area contributed by atoms with Crippen LogP contribution in [0, 0.1) is 13.8 Å². The molecule has 1 amide bonds. The van der Waals surface area contributed by atoms with Gasteiger partial charge in [-0.05, 0) is 42.3 Å². The standard InChI is InChI=1S/C18H18N2O3/c1-12-4-3-5-15(8-12)22-11-18(21)19-10-14-6-7-17-16(9-14)20-13(2)23-17/h3-9H,10-11H2,1-2H3,(H,19,21). The third-order valence-corrected chi connectivity index (χ3v) is 3.41. The van der Waals surface area contributed by atoms with Crippen LogP contribution in [0.15, 0.2) is 46.9 Å². The number of aromatic nitrogens is 1. The average molecular weight is 310 g/mol. The van der Waals surface area contributed by atoms with Gasteiger partial charge in [0.2, 0.25) is 0 Å². The zero-order valence-electron chi connectivity index (χ0n) is 13.1. The lowest BCUT2D eigenvalue weighted by atomic mass is 10.2. The van der Waals surface area contributed by atoms with Crippen molar-refractivity contribution in [2.24, 2.45) is 0 Å². The van der Waals surface area contributed by atoms with Crippen molar-refractivity contribution in [1.82, 2.24) is 10.3 Å². The van der Waals surface area contributed by atoms with E-state index < -0.39 is 0 Å². The summed E-state index contributed by atoms with van der Waals surface area (Å²) in [6.45, 7) is 4.21. The summed E-state index contributed by atoms with van der Waals surface area (Å²) < 4.78 is 10.9. The molecule has 5 nitrogen and oxygen atoms in total. The predicted molar refractivity (Wildman–Crippen MR) is 87.3 cm³/mol. The Bertz CT molecular complexity index is 839. The van der Waals surface area contributed by atoms with E-state index in [4.69, 9.17) is 9.15 Å². The first-order valence-electron chi connectivity index (χ1n) is 7.42. The minimum absolute atomic E-state index is 0.00519. The lowest BCUT2D eigenvalue weighted by Gasteiger charge is -2.08. The molecule has 0 aliphatic rings. The molecule has 1 N–H and O–H groups in total. The quantitative estimate of drug-likeness (QED) is 0.786. The number of hydrogen-bond donors (Lipinski definition) is 1. The molecule has 0 saturated heterocycles. The zero-order chi connectivity index (χ0) is 16.2. The lowest BCUT2D eigenvalue weighted by Crippen LogP contribution is -2.28. The molecule has 0 bridgehead atoms. The van der Waals surface area contributed by atoms with Crippen LogP contribution >= 0.6 is 0 Å². The Morgan fingerprint density at radius 3 is 2.91 bits per heavy atom. The van der Waals surface area contributed by atoms with Gasteiger partial charge >= 0.3 is 0 Å². The number of rotatable bonds is 5. The first-order chi connectivity index (χ1) is 11.1. The molecule has 1 heterocycles. The highest BCUT2D eigenvalue weighted by molar-refractivity contribution is 5.78. The predicted octanol–water partition coefficient (Wildman–Crippen LogP) is 3.14. The van der Waals surface area contributed by atoms with E-state index in [0.29, 0.717) is 18.2 Å². The molecular weight excluding hydrogens is 292 g/mol. The highest BCUT2D eigenvalue weighted by Gasteiger charge is 2.06. The summed E-state index contributed by atoms with van der Waals surface area (Å²) in [7, 11) is 0. The maximum Gasteiger partial charge on any atom is 0.258 e. The van der Waals surface area contributed by atoms with Crippen molar-refractivity contribution in [3.05, 3.63) is 59.5 Å². The van der Waals surface area contributed by atoms with Crippen molar-refractivity contribution in [3.63, 3.8) is 0 Å². The Labute approximate surface area is 134 Å². The van der Waals surface area contributed by atoms with Crippen LogP contribution in [0.5, 0.6) is 5.75 Å². The number of hydrogen-bond acceptors (Lipinski definition) is 4. The van der Waals surface area contributed by atoms with E-state index in [1.807, 2.05) is 56.3 Å². The monoisotopic (exact) mass is 310 g/mol. The summed E-state index contributed by atoms with van der Waals surface area (Å²) in [5.41, 5.74) is 3.61. The molecule has 0 atom stereocenters. The second-order valence-electron chi connectivity index (χ2n) is 5.42. The maximum absolute atomic E-state index is 11.9. The van der Waals surface area contributed by atoms with E-state index in [2.05, 4.69) is 10.3 Å². The normalized spacial score (nSPS) is 10.7. The lowest BCUT2D eigenvalue weighted by molar-refractivity contribution is -0.123. The molecule has 0 unspecified atom stereocenters. The van der Waals surface area contributed by atoms with Crippen molar-refractivity contribution < 1.29 is 13.9 Å². The fraction of sp³-hybridized carbons (Fsp3) is 0.222. The number of aryl methyl sites for hydroxylation is 2. The van der Waals surface area contributed by atoms with Crippen LogP contribution in [0.4, 0.5) is 0 Å². The Hall–Kier alpha value is -2.82. The molecule has 0 saturated carbocycles. The van der Waals surface area contributed by atoms with Crippen LogP contribution in [0.25, 0.3) is 11.1 Å². The van der Waals surface area contributed by atoms with Crippen molar-refractivity contribution in [1.29, 1.82) is 0 Å². The van der Waals surface area contributed by atoms with Gasteiger partial charge in [0.05, 0.1) is 0 Å². The van der Waals surface area contributed by atoms with Gasteiger partial charge in [-0.3, -0.25) is 4.79 Å². The topological polar surface area (TPSA) is 64.4 Å². The number of carbonyl (C=O) groups is 1. The number of carbonyl (C=O) groups excluding carboxylic acids is 1. The molecule has 0 spiro atoms. The van der Waals surface area contributed by atoms with E-state index in [0.717, 1.165) is 22.2 Å². The number of nitrogens with zero attached hydrogens (tertiary/aromatic N) is 1. The Morgan fingerprint density at radius 2 is 2.09 bits per heavy atom. The van der Waals surface area contributed by atoms with E-state index >= 15 is 0 Å². The summed E-state index contributed by atoms with van der Waals surface area (Å²) in [5.74, 6) is 1.16. The fourth-order valence-electron chi connectivity index (χ4n) is 2.30. The molecule has 0 aliphatic carbocycles. The van der Waals surface area contributed by atoms with Crippen LogP contribution < -0.4 is 10.1 Å². The van der Waals surface area contributed by atoms with Gasteiger partial charge in [0.25, 0.3) is 5.91 Å². The third kappa shape index (κ3) is 3.88. The van der Waals surface area contributed by atoms with Crippen LogP contribution in [0.1, 0.15) is 17.0 Å². The molecule has 2 aromatic carbocycles. The SMILES string of the molecule is Cc1cccc(OCC(=O)NCc2ccc3oc(C)nc3c2)c1. The van der Waals surface area contributed by atoms with Gasteiger partial charge in [-0.1, -0.05) is 18.2 Å². The molecule has 0 radical (unpaired) electrons. The van der Waals surface area contributed by atoms with Crippen molar-refractivity contribution in [2.75, 3.05) is 6.61 Å². The molecule has 118 valence electrons. The molecule has 23 heavy (non-hydrogen) atoms. The molecule has 0 fully saturated rings. The number of amides is 1. The summed E-state index contributed by atoms with van der Waals surface area (Å²) in [6, 6.07) is 13.3. The minimum Gasteiger partial charge on any atom is -0.484 e. The van der Waals surface area contributed by atoms with Gasteiger partial charge in [0.1, 0.15) is 11.3 Å². The second kappa shape index (κ2) is 6.52. The molecule has 0 aliphatic heterocycles. The van der Waals surface area contributed by atoms with Gasteiger partial charge in [-0.2, -0.15) is 0 Å². The van der Waals surface area contributed by atoms with Gasteiger partial charge in [-0.15, -0.1) is 0 Å². The molecule has 3 aromatic rings. The summed E-state index contributed by atoms with van der Waals surface area (Å²) in [5, 5.41) is 2.83. The summed E-state index contributed by atoms with van der Waals surface area (Å²) >= 11 is 0. The maximum atomic E-state index is 11.9. The fourth-order valence-corrected chi connectivity index (χ4v) is 2.30. The van der Waals surface area contributed by atoms with Crippen LogP contribution in [0.3, 0.4) is 0 Å². The number of nitrogens with one attached hydrogen (secondary N) is 1. The van der Waals surface area contributed by atoms with Gasteiger partial charge in [0, 0.05) is 13.5 Å². The number of benzene rings is 2. The Morgan fingerprint density at radius 1 is 1.22 bits per heavy atom. The zero-order valence-corrected chi connectivity index (χ0v) is 13.1. The average Bonchev–Trinajstić information content (AvgIpc) is 2.90. The summed E-state index contributed by atoms with van der Waals surface area (Å²) in [6.07, 6.45) is 0. The third-order valence-electron chi connectivity index (χ3n) is 3.41. The van der Waals surface area contributed by atoms with E-state index in [1.165, 1.54) is 0 Å². The van der Waals surface area contributed by atoms with Gasteiger partial charge in [0.15, 0.2) is 18.1 Å². The van der Waals surface area contributed by atoms with Crippen LogP contribution in [-0.4, -0.2) is 17.5 Å². The van der Waals surface area contributed by atoms with Crippen LogP contribution in [0.2, 0.25) is 0 Å². The number of fused-ring (bicyclic) bond motifs is 1. The Balaban J connectivity index is 1.53. The van der Waals surface area contributed by atoms with Crippen molar-refractivity contribution in [3.8, 4) is 5.75 Å². The highest BCUT2D eigenvalue weighted by atomic mass is 16.5. The largest absolute Gasteiger partial charge is 0.484 e. The van der Waals surface area contributed by atoms with E-state index in [9.17, 15) is 4.79 Å². The second-order valence-corrected chi connectivity index (χ2v) is 5.42. The highest BCUT2D eigenvalue weighted by Crippen LogP contribution is 2.16. The smallest absolute Gasteiger partial charge is 0.258 e. The first kappa shape index (κ1) is 15.1. The van der Waals surface area contributed by atoms with E-state index in [-0.39, 0.29) is 12.5 Å². The van der Waals surface area contributed by atoms with Gasteiger partial charge < -0.3 is 14.5 Å². The number of ether oxygens (including phenoxy) is 1. The molecular formula is C18H18N2O3. The van der Waals surface area contributed by atoms with Gasteiger partial charge in [-0.25, -0.2) is 4.98 Å². The van der Waals surface area contributed by atoms with Crippen molar-refractivity contribution >= 4 is 17.0 Å². The van der Waals surface area contributed by atoms with Crippen LogP contribution in [-0.2, 0) is 11.3 Å².